The van der Waals surface area contributed by atoms with Crippen LogP contribution in [0.3, 0.4) is 0 Å². The van der Waals surface area contributed by atoms with Crippen LogP contribution in [0.25, 0.3) is 0 Å². The van der Waals surface area contributed by atoms with Crippen LogP contribution < -0.4 is 5.32 Å². The van der Waals surface area contributed by atoms with E-state index < -0.39 is 0 Å². The van der Waals surface area contributed by atoms with Gasteiger partial charge in [-0.3, -0.25) is 0 Å². The van der Waals surface area contributed by atoms with Gasteiger partial charge in [0.1, 0.15) is 5.82 Å². The highest BCUT2D eigenvalue weighted by molar-refractivity contribution is 6.28. The van der Waals surface area contributed by atoms with Gasteiger partial charge in [-0.15, -0.1) is 0 Å². The Morgan fingerprint density at radius 1 is 1.50 bits per heavy atom. The molecule has 1 saturated heterocycles. The van der Waals surface area contributed by atoms with Gasteiger partial charge < -0.3 is 10.2 Å². The van der Waals surface area contributed by atoms with Crippen LogP contribution in [-0.4, -0.2) is 40.5 Å². The summed E-state index contributed by atoms with van der Waals surface area (Å²) in [5, 5.41) is 3.68. The molecule has 0 aliphatic carbocycles. The van der Waals surface area contributed by atoms with Crippen molar-refractivity contribution in [1.29, 1.82) is 0 Å². The third kappa shape index (κ3) is 3.56. The Kier molecular flexibility index (Phi) is 4.40. The minimum Gasteiger partial charge on any atom is -0.370 e. The molecule has 5 heteroatoms. The van der Waals surface area contributed by atoms with Crippen molar-refractivity contribution in [2.24, 2.45) is 5.92 Å². The van der Waals surface area contributed by atoms with Crippen LogP contribution in [0, 0.1) is 12.8 Å². The molecule has 0 aromatic carbocycles. The maximum Gasteiger partial charge on any atom is 0.224 e. The Morgan fingerprint density at radius 2 is 2.28 bits per heavy atom. The molecule has 0 bridgehead atoms. The molecule has 1 aromatic rings. The third-order valence-corrected chi connectivity index (χ3v) is 3.62. The molecule has 0 radical (unpaired) electrons. The normalized spacial score (nSPS) is 20.6. The van der Waals surface area contributed by atoms with Crippen molar-refractivity contribution in [3.8, 4) is 0 Å². The molecular formula is C13H21ClN4. The molecule has 1 atom stereocenters. The highest BCUT2D eigenvalue weighted by Gasteiger charge is 2.23. The van der Waals surface area contributed by atoms with E-state index in [1.54, 1.807) is 0 Å². The zero-order chi connectivity index (χ0) is 13.1. The smallest absolute Gasteiger partial charge is 0.224 e. The van der Waals surface area contributed by atoms with Crippen LogP contribution >= 0.6 is 11.6 Å². The highest BCUT2D eigenvalue weighted by atomic mass is 35.5. The topological polar surface area (TPSA) is 41.0 Å². The highest BCUT2D eigenvalue weighted by Crippen LogP contribution is 2.19. The summed E-state index contributed by atoms with van der Waals surface area (Å²) in [4.78, 5) is 10.8. The number of likely N-dealkylation sites (tertiary alicyclic amines) is 1. The molecule has 1 fully saturated rings. The van der Waals surface area contributed by atoms with Gasteiger partial charge in [-0.2, -0.15) is 0 Å². The molecule has 18 heavy (non-hydrogen) atoms. The Hall–Kier alpha value is -0.870. The summed E-state index contributed by atoms with van der Waals surface area (Å²) < 4.78 is 0. The van der Waals surface area contributed by atoms with E-state index in [0.717, 1.165) is 18.1 Å². The first-order chi connectivity index (χ1) is 8.54. The molecule has 0 amide bonds. The van der Waals surface area contributed by atoms with E-state index in [1.165, 1.54) is 19.5 Å². The third-order valence-electron chi connectivity index (χ3n) is 3.45. The summed E-state index contributed by atoms with van der Waals surface area (Å²) in [5.41, 5.74) is 0.896. The molecule has 1 aromatic heterocycles. The van der Waals surface area contributed by atoms with E-state index in [4.69, 9.17) is 11.6 Å². The number of aryl methyl sites for hydroxylation is 1. The van der Waals surface area contributed by atoms with E-state index >= 15 is 0 Å². The number of anilines is 1. The number of halogens is 1. The maximum absolute atomic E-state index is 5.84. The lowest BCUT2D eigenvalue weighted by atomic mass is 10.1. The predicted molar refractivity (Wildman–Crippen MR) is 75.1 cm³/mol. The molecule has 4 nitrogen and oxygen atoms in total. The van der Waals surface area contributed by atoms with E-state index in [1.807, 2.05) is 13.0 Å². The molecule has 2 heterocycles. The predicted octanol–water partition coefficient (Wildman–Crippen LogP) is 2.58. The van der Waals surface area contributed by atoms with Gasteiger partial charge in [-0.25, -0.2) is 9.97 Å². The van der Waals surface area contributed by atoms with E-state index in [-0.39, 0.29) is 0 Å². The van der Waals surface area contributed by atoms with Crippen LogP contribution in [0.2, 0.25) is 5.28 Å². The first kappa shape index (κ1) is 13.6. The average Bonchev–Trinajstić information content (AvgIpc) is 2.73. The molecule has 100 valence electrons. The number of hydrogen-bond acceptors (Lipinski definition) is 4. The van der Waals surface area contributed by atoms with Gasteiger partial charge in [-0.05, 0) is 51.3 Å². The van der Waals surface area contributed by atoms with Crippen molar-refractivity contribution in [2.45, 2.75) is 33.2 Å². The van der Waals surface area contributed by atoms with Gasteiger partial charge in [0.15, 0.2) is 0 Å². The Labute approximate surface area is 114 Å². The number of nitrogens with zero attached hydrogens (tertiary/aromatic N) is 3. The fourth-order valence-corrected chi connectivity index (χ4v) is 2.59. The van der Waals surface area contributed by atoms with Crippen LogP contribution in [-0.2, 0) is 0 Å². The van der Waals surface area contributed by atoms with Crippen molar-refractivity contribution in [2.75, 3.05) is 25.0 Å². The first-order valence-corrected chi connectivity index (χ1v) is 6.91. The lowest BCUT2D eigenvalue weighted by molar-refractivity contribution is 0.266. The SMILES string of the molecule is Cc1cc(NCC2CCN(C(C)C)C2)nc(Cl)n1. The van der Waals surface area contributed by atoms with Crippen molar-refractivity contribution in [3.63, 3.8) is 0 Å². The molecule has 2 rings (SSSR count). The van der Waals surface area contributed by atoms with Crippen molar-refractivity contribution in [3.05, 3.63) is 17.0 Å². The van der Waals surface area contributed by atoms with Crippen molar-refractivity contribution >= 4 is 17.4 Å². The van der Waals surface area contributed by atoms with Crippen LogP contribution in [0.5, 0.6) is 0 Å². The van der Waals surface area contributed by atoms with Gasteiger partial charge in [0.05, 0.1) is 0 Å². The molecular weight excluding hydrogens is 248 g/mol. The molecule has 0 saturated carbocycles. The maximum atomic E-state index is 5.84. The number of aromatic nitrogens is 2. The fourth-order valence-electron chi connectivity index (χ4n) is 2.37. The lowest BCUT2D eigenvalue weighted by Gasteiger charge is -2.20. The minimum atomic E-state index is 0.313. The second-order valence-corrected chi connectivity index (χ2v) is 5.63. The summed E-state index contributed by atoms with van der Waals surface area (Å²) in [6.45, 7) is 9.76. The number of nitrogens with one attached hydrogen (secondary N) is 1. The molecule has 0 spiro atoms. The largest absolute Gasteiger partial charge is 0.370 e. The van der Waals surface area contributed by atoms with Crippen LogP contribution in [0.4, 0.5) is 5.82 Å². The van der Waals surface area contributed by atoms with E-state index in [0.29, 0.717) is 17.2 Å². The summed E-state index contributed by atoms with van der Waals surface area (Å²) in [5.74, 6) is 1.52. The van der Waals surface area contributed by atoms with E-state index in [2.05, 4.69) is 34.0 Å². The van der Waals surface area contributed by atoms with Crippen LogP contribution in [0.15, 0.2) is 6.07 Å². The van der Waals surface area contributed by atoms with E-state index in [9.17, 15) is 0 Å². The fraction of sp³-hybridized carbons (Fsp3) is 0.692. The number of hydrogen-bond donors (Lipinski definition) is 1. The second kappa shape index (κ2) is 5.85. The number of rotatable bonds is 4. The lowest BCUT2D eigenvalue weighted by Crippen LogP contribution is -2.29. The van der Waals surface area contributed by atoms with Gasteiger partial charge in [-0.1, -0.05) is 0 Å². The zero-order valence-corrected chi connectivity index (χ0v) is 12.0. The monoisotopic (exact) mass is 268 g/mol. The molecule has 1 aliphatic heterocycles. The Balaban J connectivity index is 1.85. The summed E-state index contributed by atoms with van der Waals surface area (Å²) in [6, 6.07) is 2.58. The summed E-state index contributed by atoms with van der Waals surface area (Å²) in [6.07, 6.45) is 1.25. The molecule has 1 aliphatic rings. The van der Waals surface area contributed by atoms with Crippen molar-refractivity contribution in [1.82, 2.24) is 14.9 Å². The molecule has 1 unspecified atom stereocenters. The quantitative estimate of drug-likeness (QED) is 0.853. The van der Waals surface area contributed by atoms with Crippen molar-refractivity contribution < 1.29 is 0 Å². The van der Waals surface area contributed by atoms with Gasteiger partial charge in [0.2, 0.25) is 5.28 Å². The Morgan fingerprint density at radius 3 is 2.89 bits per heavy atom. The second-order valence-electron chi connectivity index (χ2n) is 5.29. The van der Waals surface area contributed by atoms with Gasteiger partial charge in [0, 0.05) is 30.9 Å². The average molecular weight is 269 g/mol. The Bertz CT molecular complexity index is 388. The van der Waals surface area contributed by atoms with Gasteiger partial charge >= 0.3 is 0 Å². The molecule has 1 N–H and O–H groups in total. The first-order valence-electron chi connectivity index (χ1n) is 6.53. The summed E-state index contributed by atoms with van der Waals surface area (Å²) >= 11 is 5.84. The van der Waals surface area contributed by atoms with Crippen LogP contribution in [0.1, 0.15) is 26.0 Å². The summed E-state index contributed by atoms with van der Waals surface area (Å²) in [7, 11) is 0. The zero-order valence-electron chi connectivity index (χ0n) is 11.3. The minimum absolute atomic E-state index is 0.313. The van der Waals surface area contributed by atoms with Gasteiger partial charge in [0.25, 0.3) is 0 Å². The standard InChI is InChI=1S/C13H21ClN4/c1-9(2)18-5-4-11(8-18)7-15-12-6-10(3)16-13(14)17-12/h6,9,11H,4-5,7-8H2,1-3H3,(H,15,16,17).